The van der Waals surface area contributed by atoms with Crippen molar-refractivity contribution in [2.24, 2.45) is 11.7 Å². The Hall–Kier alpha value is 0.108. The Bertz CT molecular complexity index is 1090. The average Bonchev–Trinajstić information content (AvgIpc) is 3.26. The van der Waals surface area contributed by atoms with Crippen LogP contribution in [-0.4, -0.2) is 53.0 Å². The Labute approximate surface area is 275 Å². The number of hydrogen-bond acceptors (Lipinski definition) is 8. The smallest absolute Gasteiger partial charge is 1.00 e. The molecule has 0 unspecified atom stereocenters. The predicted molar refractivity (Wildman–Crippen MR) is 158 cm³/mol. The van der Waals surface area contributed by atoms with Crippen molar-refractivity contribution in [3.05, 3.63) is 60.4 Å². The first kappa shape index (κ1) is 37.1. The number of nitrogens with two attached hydrogens (primary N) is 2. The Balaban J connectivity index is 0.00000201. The maximum absolute atomic E-state index is 13.6. The quantitative estimate of drug-likeness (QED) is 0.0968. The van der Waals surface area contributed by atoms with Crippen molar-refractivity contribution >= 4 is 78.0 Å². The van der Waals surface area contributed by atoms with Crippen LogP contribution in [0.5, 0.6) is 5.75 Å². The summed E-state index contributed by atoms with van der Waals surface area (Å²) in [5.41, 5.74) is 2.15. The van der Waals surface area contributed by atoms with Gasteiger partial charge in [0.05, 0.1) is 12.7 Å². The van der Waals surface area contributed by atoms with Gasteiger partial charge in [0.15, 0.2) is 5.78 Å². The summed E-state index contributed by atoms with van der Waals surface area (Å²) in [6.45, 7) is 10.0. The van der Waals surface area contributed by atoms with E-state index in [0.29, 0.717) is 17.7 Å². The summed E-state index contributed by atoms with van der Waals surface area (Å²) in [7, 11) is 0. The van der Waals surface area contributed by atoms with E-state index in [0.717, 1.165) is 68.5 Å². The molecule has 198 valence electrons. The molecule has 0 atom stereocenters. The van der Waals surface area contributed by atoms with Crippen LogP contribution < -0.4 is 50.1 Å². The molecular weight excluding hydrogens is 774 g/mol. The molecule has 3 rings (SSSR count). The maximum Gasteiger partial charge on any atom is 1.00 e. The topological polar surface area (TPSA) is 135 Å². The van der Waals surface area contributed by atoms with Crippen molar-refractivity contribution < 1.29 is 51.3 Å². The predicted octanol–water partition coefficient (Wildman–Crippen LogP) is 1.07. The van der Waals surface area contributed by atoms with Crippen LogP contribution in [0.25, 0.3) is 11.0 Å². The summed E-state index contributed by atoms with van der Waals surface area (Å²) < 4.78 is 31.0. The molecule has 0 radical (unpaired) electrons. The number of carbonyl (C=O) groups excluding carboxylic acids is 1. The summed E-state index contributed by atoms with van der Waals surface area (Å²) in [5.74, 6) is 9.66. The molecule has 0 bridgehead atoms. The molecule has 1 aromatic heterocycles. The van der Waals surface area contributed by atoms with E-state index in [1.807, 2.05) is 36.4 Å². The standard InChI is InChI=1S/C25H29I2NO3.AsHO2.H4N2.Na/c1-4-7-11-22-23(18-10-8-9-12-21(18)31-22)24(29)17-15-19(26)25(20(27)16-17)30-14-13-28(5-2)6-3;2-1-3;1-2;/h8-10,12,15-16H,4-7,11,13-14H2,1-3H3;(H,2,3);1-2H2;/q;;;+1/p-1. The van der Waals surface area contributed by atoms with Gasteiger partial charge in [0.25, 0.3) is 0 Å². The molecule has 4 N–H and O–H groups in total. The summed E-state index contributed by atoms with van der Waals surface area (Å²) in [6.07, 6.45) is 2.82. The van der Waals surface area contributed by atoms with Crippen LogP contribution in [-0.2, 0) is 10.2 Å². The number of para-hydroxylation sites is 1. The maximum atomic E-state index is 13.6. The van der Waals surface area contributed by atoms with E-state index in [4.69, 9.17) is 17.0 Å². The second-order valence-electron chi connectivity index (χ2n) is 7.55. The van der Waals surface area contributed by atoms with Crippen LogP contribution in [0.4, 0.5) is 0 Å². The fraction of sp³-hybridized carbons (Fsp3) is 0.400. The molecular formula is C25H33AsI2N3NaO5. The number of hydrogen-bond donors (Lipinski definition) is 2. The van der Waals surface area contributed by atoms with Gasteiger partial charge in [-0.3, -0.25) is 16.5 Å². The number of furan rings is 1. The van der Waals surface area contributed by atoms with Gasteiger partial charge in [0, 0.05) is 23.9 Å². The van der Waals surface area contributed by atoms with Crippen molar-refractivity contribution in [1.29, 1.82) is 0 Å². The fourth-order valence-corrected chi connectivity index (χ4v) is 5.73. The number of aryl methyl sites for hydroxylation is 1. The van der Waals surface area contributed by atoms with Gasteiger partial charge in [0.1, 0.15) is 23.7 Å². The molecule has 0 saturated heterocycles. The van der Waals surface area contributed by atoms with Gasteiger partial charge in [-0.15, -0.1) is 0 Å². The van der Waals surface area contributed by atoms with Crippen LogP contribution in [0.15, 0.2) is 40.8 Å². The minimum Gasteiger partial charge on any atom is 1.00 e. The first-order valence-corrected chi connectivity index (χ1v) is 15.3. The van der Waals surface area contributed by atoms with Crippen LogP contribution in [0.3, 0.4) is 0 Å². The zero-order valence-corrected chi connectivity index (χ0v) is 30.0. The molecule has 0 aliphatic carbocycles. The number of hydrazine groups is 1. The normalized spacial score (nSPS) is 10.3. The first-order valence-electron chi connectivity index (χ1n) is 11.6. The van der Waals surface area contributed by atoms with Gasteiger partial charge in [-0.2, -0.15) is 0 Å². The number of halogens is 2. The van der Waals surface area contributed by atoms with E-state index < -0.39 is 16.0 Å². The number of nitrogens with zero attached hydrogens (tertiary/aromatic N) is 1. The van der Waals surface area contributed by atoms with Crippen LogP contribution in [0.1, 0.15) is 55.3 Å². The first-order chi connectivity index (χ1) is 17.4. The number of fused-ring (bicyclic) bond motifs is 1. The van der Waals surface area contributed by atoms with Gasteiger partial charge in [-0.25, -0.2) is 0 Å². The van der Waals surface area contributed by atoms with Crippen LogP contribution in [0, 0.1) is 7.14 Å². The summed E-state index contributed by atoms with van der Waals surface area (Å²) in [5, 5.41) is 0.892. The Morgan fingerprint density at radius 2 is 1.68 bits per heavy atom. The van der Waals surface area contributed by atoms with Crippen LogP contribution in [0.2, 0.25) is 0 Å². The molecule has 0 fully saturated rings. The number of ether oxygens (including phenoxy) is 1. The van der Waals surface area contributed by atoms with Gasteiger partial charge >= 0.3 is 53.4 Å². The number of unbranched alkanes of at least 4 members (excludes halogenated alkanes) is 1. The molecule has 0 spiro atoms. The second kappa shape index (κ2) is 20.9. The van der Waals surface area contributed by atoms with Crippen molar-refractivity contribution in [3.63, 3.8) is 0 Å². The van der Waals surface area contributed by atoms with E-state index in [-0.39, 0.29) is 35.3 Å². The number of benzene rings is 2. The van der Waals surface area contributed by atoms with Crippen molar-refractivity contribution in [3.8, 4) is 5.75 Å². The minimum atomic E-state index is -1.81. The fourth-order valence-electron chi connectivity index (χ4n) is 3.65. The van der Waals surface area contributed by atoms with Crippen molar-refractivity contribution in [2.45, 2.75) is 40.0 Å². The largest absolute Gasteiger partial charge is 1.00 e. The van der Waals surface area contributed by atoms with E-state index in [1.165, 1.54) is 0 Å². The number of carbonyl (C=O) groups is 1. The number of likely N-dealkylation sites (N-methyl/N-ethyl adjacent to an activating group) is 1. The Morgan fingerprint density at radius 3 is 2.22 bits per heavy atom. The van der Waals surface area contributed by atoms with E-state index >= 15 is 0 Å². The third kappa shape index (κ3) is 11.2. The molecule has 0 aliphatic rings. The molecule has 0 amide bonds. The Kier molecular flexibility index (Phi) is 21.0. The molecule has 8 nitrogen and oxygen atoms in total. The average molecular weight is 807 g/mol. The van der Waals surface area contributed by atoms with E-state index in [9.17, 15) is 4.79 Å². The van der Waals surface area contributed by atoms with Crippen LogP contribution >= 0.6 is 45.2 Å². The summed E-state index contributed by atoms with van der Waals surface area (Å²) in [4.78, 5) is 15.9. The molecule has 2 aromatic carbocycles. The van der Waals surface area contributed by atoms with Gasteiger partial charge in [-0.05, 0) is 82.9 Å². The SMILES string of the molecule is CCCCc1oc2ccccc2c1C(=O)c1cc(I)c(OCCN(CC)CC)c(I)c1.NN.O=[As][O-].[Na+]. The molecule has 12 heteroatoms. The molecule has 3 aromatic rings. The number of ketones is 1. The van der Waals surface area contributed by atoms with Crippen molar-refractivity contribution in [1.82, 2.24) is 4.90 Å². The third-order valence-corrected chi connectivity index (χ3v) is 7.06. The van der Waals surface area contributed by atoms with Gasteiger partial charge < -0.3 is 14.1 Å². The van der Waals surface area contributed by atoms with E-state index in [1.54, 1.807) is 0 Å². The summed E-state index contributed by atoms with van der Waals surface area (Å²) >= 11 is 2.73. The molecule has 0 aliphatic heterocycles. The van der Waals surface area contributed by atoms with E-state index in [2.05, 4.69) is 82.5 Å². The Morgan fingerprint density at radius 1 is 1.11 bits per heavy atom. The summed E-state index contributed by atoms with van der Waals surface area (Å²) in [6, 6.07) is 11.7. The second-order valence-corrected chi connectivity index (χ2v) is 10.2. The minimum absolute atomic E-state index is 0. The van der Waals surface area contributed by atoms with Gasteiger partial charge in [0.2, 0.25) is 0 Å². The molecule has 37 heavy (non-hydrogen) atoms. The zero-order valence-electron chi connectivity index (χ0n) is 21.8. The third-order valence-electron chi connectivity index (χ3n) is 5.46. The zero-order chi connectivity index (χ0) is 27.1. The molecule has 0 saturated carbocycles. The monoisotopic (exact) mass is 807 g/mol. The number of rotatable bonds is 11. The molecule has 1 heterocycles. The van der Waals surface area contributed by atoms with Crippen molar-refractivity contribution in [2.75, 3.05) is 26.2 Å². The van der Waals surface area contributed by atoms with Gasteiger partial charge in [-0.1, -0.05) is 45.4 Å².